The topological polar surface area (TPSA) is 46.8 Å². The van der Waals surface area contributed by atoms with Gasteiger partial charge in [-0.25, -0.2) is 9.78 Å². The second-order valence-corrected chi connectivity index (χ2v) is 6.68. The van der Waals surface area contributed by atoms with Crippen LogP contribution in [0.3, 0.4) is 0 Å². The van der Waals surface area contributed by atoms with Gasteiger partial charge in [-0.1, -0.05) is 0 Å². The maximum absolute atomic E-state index is 11.9. The van der Waals surface area contributed by atoms with E-state index in [0.717, 1.165) is 18.7 Å². The maximum atomic E-state index is 11.9. The van der Waals surface area contributed by atoms with Crippen LogP contribution in [0.5, 0.6) is 0 Å². The van der Waals surface area contributed by atoms with Crippen molar-refractivity contribution in [3.8, 4) is 0 Å². The Balaban J connectivity index is 1.80. The smallest absolute Gasteiger partial charge is 0.341 e. The maximum Gasteiger partial charge on any atom is 0.341 e. The van der Waals surface area contributed by atoms with Crippen molar-refractivity contribution in [2.45, 2.75) is 39.2 Å². The van der Waals surface area contributed by atoms with Gasteiger partial charge in [0, 0.05) is 25.0 Å². The highest BCUT2D eigenvalue weighted by Gasteiger charge is 2.23. The molecule has 1 fully saturated rings. The molecular formula is C18H25N3O2. The largest absolute Gasteiger partial charge is 0.465 e. The number of esters is 1. The molecule has 0 spiro atoms. The number of hydrogen-bond acceptors (Lipinski definition) is 4. The second kappa shape index (κ2) is 6.71. The molecule has 3 rings (SSSR count). The highest BCUT2D eigenvalue weighted by Crippen LogP contribution is 2.23. The lowest BCUT2D eigenvalue weighted by Gasteiger charge is -2.35. The lowest BCUT2D eigenvalue weighted by Crippen LogP contribution is -2.40. The van der Waals surface area contributed by atoms with Gasteiger partial charge in [0.15, 0.2) is 5.65 Å². The van der Waals surface area contributed by atoms with E-state index in [1.807, 2.05) is 22.9 Å². The van der Waals surface area contributed by atoms with Crippen LogP contribution in [0.25, 0.3) is 5.65 Å². The minimum absolute atomic E-state index is 0.337. The molecule has 1 unspecified atom stereocenters. The lowest BCUT2D eigenvalue weighted by atomic mass is 9.93. The number of carbonyl (C=O) groups is 1. The molecule has 0 amide bonds. The zero-order valence-electron chi connectivity index (χ0n) is 14.2. The van der Waals surface area contributed by atoms with Crippen LogP contribution < -0.4 is 0 Å². The first-order valence-corrected chi connectivity index (χ1v) is 8.37. The first-order chi connectivity index (χ1) is 11.1. The molecule has 5 heteroatoms. The number of nitrogens with zero attached hydrogens (tertiary/aromatic N) is 3. The fourth-order valence-corrected chi connectivity index (χ4v) is 3.46. The molecule has 124 valence electrons. The summed E-state index contributed by atoms with van der Waals surface area (Å²) in [6, 6.07) is 4.22. The van der Waals surface area contributed by atoms with Crippen LogP contribution in [-0.2, 0) is 11.2 Å². The zero-order chi connectivity index (χ0) is 16.4. The van der Waals surface area contributed by atoms with Crippen molar-refractivity contribution in [3.63, 3.8) is 0 Å². The van der Waals surface area contributed by atoms with E-state index in [1.165, 1.54) is 26.5 Å². The fraction of sp³-hybridized carbons (Fsp3) is 0.556. The molecule has 0 aliphatic carbocycles. The van der Waals surface area contributed by atoms with Gasteiger partial charge in [-0.3, -0.25) is 0 Å². The van der Waals surface area contributed by atoms with E-state index in [0.29, 0.717) is 23.2 Å². The summed E-state index contributed by atoms with van der Waals surface area (Å²) in [7, 11) is 1.40. The Bertz CT molecular complexity index is 693. The van der Waals surface area contributed by atoms with E-state index in [1.54, 1.807) is 6.07 Å². The summed E-state index contributed by atoms with van der Waals surface area (Å²) >= 11 is 0. The molecule has 3 heterocycles. The Kier molecular flexibility index (Phi) is 4.66. The van der Waals surface area contributed by atoms with Crippen LogP contribution >= 0.6 is 0 Å². The zero-order valence-corrected chi connectivity index (χ0v) is 14.2. The van der Waals surface area contributed by atoms with Crippen molar-refractivity contribution in [1.29, 1.82) is 0 Å². The van der Waals surface area contributed by atoms with Gasteiger partial charge in [0.1, 0.15) is 5.56 Å². The number of methoxy groups -OCH3 is 1. The van der Waals surface area contributed by atoms with Gasteiger partial charge in [-0.15, -0.1) is 0 Å². The Labute approximate surface area is 137 Å². The summed E-state index contributed by atoms with van der Waals surface area (Å²) in [4.78, 5) is 19.1. The Morgan fingerprint density at radius 2 is 2.30 bits per heavy atom. The Hall–Kier alpha value is -1.88. The highest BCUT2D eigenvalue weighted by molar-refractivity contribution is 5.95. The van der Waals surface area contributed by atoms with Crippen LogP contribution in [0.15, 0.2) is 24.5 Å². The van der Waals surface area contributed by atoms with Crippen molar-refractivity contribution in [2.75, 3.05) is 20.2 Å². The SMILES string of the molecule is COC(=O)c1cccn2cc(CC3CCCN(C(C)C)C3)nc12. The fourth-order valence-electron chi connectivity index (χ4n) is 3.46. The standard InChI is InChI=1S/C18H25N3O2/c1-13(2)20-8-4-6-14(11-20)10-15-12-21-9-5-7-16(17(21)19-15)18(22)23-3/h5,7,9,12-14H,4,6,8,10-11H2,1-3H3. The summed E-state index contributed by atoms with van der Waals surface area (Å²) in [5.41, 5.74) is 2.26. The van der Waals surface area contributed by atoms with E-state index < -0.39 is 0 Å². The number of ether oxygens (including phenoxy) is 1. The lowest BCUT2D eigenvalue weighted by molar-refractivity contribution is 0.0602. The molecule has 2 aromatic rings. The quantitative estimate of drug-likeness (QED) is 0.814. The molecule has 1 atom stereocenters. The van der Waals surface area contributed by atoms with Crippen LogP contribution in [0, 0.1) is 5.92 Å². The number of rotatable bonds is 4. The van der Waals surface area contributed by atoms with Crippen LogP contribution in [0.1, 0.15) is 42.7 Å². The predicted molar refractivity (Wildman–Crippen MR) is 89.7 cm³/mol. The molecule has 0 saturated carbocycles. The van der Waals surface area contributed by atoms with Crippen molar-refractivity contribution >= 4 is 11.6 Å². The van der Waals surface area contributed by atoms with E-state index in [9.17, 15) is 4.79 Å². The third kappa shape index (κ3) is 3.39. The monoisotopic (exact) mass is 315 g/mol. The molecular weight excluding hydrogens is 290 g/mol. The molecule has 5 nitrogen and oxygen atoms in total. The van der Waals surface area contributed by atoms with E-state index in [4.69, 9.17) is 4.74 Å². The summed E-state index contributed by atoms with van der Waals surface area (Å²) in [5, 5.41) is 0. The van der Waals surface area contributed by atoms with Crippen molar-refractivity contribution in [2.24, 2.45) is 5.92 Å². The first kappa shape index (κ1) is 16.0. The minimum Gasteiger partial charge on any atom is -0.465 e. The average Bonchev–Trinajstić information content (AvgIpc) is 2.96. The second-order valence-electron chi connectivity index (χ2n) is 6.68. The third-order valence-electron chi connectivity index (χ3n) is 4.72. The summed E-state index contributed by atoms with van der Waals surface area (Å²) in [6.07, 6.45) is 7.44. The summed E-state index contributed by atoms with van der Waals surface area (Å²) < 4.78 is 6.77. The van der Waals surface area contributed by atoms with Crippen LogP contribution in [0.4, 0.5) is 0 Å². The normalized spacial score (nSPS) is 19.4. The number of carbonyl (C=O) groups excluding carboxylic acids is 1. The average molecular weight is 315 g/mol. The number of hydrogen-bond donors (Lipinski definition) is 0. The van der Waals surface area contributed by atoms with Gasteiger partial charge >= 0.3 is 5.97 Å². The highest BCUT2D eigenvalue weighted by atomic mass is 16.5. The van der Waals surface area contributed by atoms with Gasteiger partial charge in [0.05, 0.1) is 12.8 Å². The Morgan fingerprint density at radius 1 is 1.48 bits per heavy atom. The number of imidazole rings is 1. The van der Waals surface area contributed by atoms with Gasteiger partial charge in [-0.2, -0.15) is 0 Å². The molecule has 2 aromatic heterocycles. The van der Waals surface area contributed by atoms with E-state index >= 15 is 0 Å². The van der Waals surface area contributed by atoms with Crippen molar-refractivity contribution in [1.82, 2.24) is 14.3 Å². The van der Waals surface area contributed by atoms with Gasteiger partial charge < -0.3 is 14.0 Å². The molecule has 1 aliphatic heterocycles. The van der Waals surface area contributed by atoms with E-state index in [2.05, 4.69) is 23.7 Å². The minimum atomic E-state index is -0.337. The predicted octanol–water partition coefficient (Wildman–Crippen LogP) is 2.78. The molecule has 0 radical (unpaired) electrons. The molecule has 0 aromatic carbocycles. The van der Waals surface area contributed by atoms with Gasteiger partial charge in [0.25, 0.3) is 0 Å². The number of likely N-dealkylation sites (tertiary alicyclic amines) is 1. The van der Waals surface area contributed by atoms with Gasteiger partial charge in [-0.05, 0) is 57.7 Å². The van der Waals surface area contributed by atoms with Crippen molar-refractivity contribution < 1.29 is 9.53 Å². The Morgan fingerprint density at radius 3 is 3.04 bits per heavy atom. The van der Waals surface area contributed by atoms with Crippen LogP contribution in [0.2, 0.25) is 0 Å². The number of piperidine rings is 1. The number of fused-ring (bicyclic) bond motifs is 1. The van der Waals surface area contributed by atoms with Crippen molar-refractivity contribution in [3.05, 3.63) is 35.8 Å². The first-order valence-electron chi connectivity index (χ1n) is 8.37. The number of pyridine rings is 1. The van der Waals surface area contributed by atoms with Crippen LogP contribution in [-0.4, -0.2) is 46.5 Å². The summed E-state index contributed by atoms with van der Waals surface area (Å²) in [6.45, 7) is 6.85. The van der Waals surface area contributed by atoms with E-state index in [-0.39, 0.29) is 5.97 Å². The third-order valence-corrected chi connectivity index (χ3v) is 4.72. The molecule has 0 bridgehead atoms. The molecule has 0 N–H and O–H groups in total. The molecule has 1 saturated heterocycles. The van der Waals surface area contributed by atoms with Gasteiger partial charge in [0.2, 0.25) is 0 Å². The molecule has 23 heavy (non-hydrogen) atoms. The molecule has 1 aliphatic rings. The summed E-state index contributed by atoms with van der Waals surface area (Å²) in [5.74, 6) is 0.300. The number of aromatic nitrogens is 2.